The Balaban J connectivity index is 2.59. The molecule has 1 aliphatic rings. The average Bonchev–Trinajstić information content (AvgIpc) is 1.57. The van der Waals surface area contributed by atoms with Crippen LogP contribution in [0, 0.1) is 0 Å². The number of rotatable bonds is 1. The van der Waals surface area contributed by atoms with E-state index in [9.17, 15) is 5.11 Å². The van der Waals surface area contributed by atoms with E-state index in [0.717, 1.165) is 0 Å². The number of nitrogens with two attached hydrogens (primary N) is 2. The Bertz CT molecular complexity index is 114. The van der Waals surface area contributed by atoms with Crippen molar-refractivity contribution in [2.45, 2.75) is 18.2 Å². The van der Waals surface area contributed by atoms with Gasteiger partial charge in [0.15, 0.2) is 0 Å². The van der Waals surface area contributed by atoms with E-state index in [4.69, 9.17) is 11.5 Å². The predicted molar refractivity (Wildman–Crippen MR) is 34.6 cm³/mol. The van der Waals surface area contributed by atoms with Gasteiger partial charge in [-0.3, -0.25) is 0 Å². The minimum absolute atomic E-state index is 0.497. The van der Waals surface area contributed by atoms with Crippen LogP contribution in [0.4, 0.5) is 0 Å². The zero-order valence-electron chi connectivity index (χ0n) is 5.52. The van der Waals surface area contributed by atoms with E-state index < -0.39 is 11.3 Å². The highest BCUT2D eigenvalue weighted by Crippen LogP contribution is 2.18. The van der Waals surface area contributed by atoms with Gasteiger partial charge in [0, 0.05) is 13.1 Å². The third kappa shape index (κ3) is 0.943. The van der Waals surface area contributed by atoms with Crippen LogP contribution in [0.25, 0.3) is 0 Å². The highest BCUT2D eigenvalue weighted by molar-refractivity contribution is 5.05. The Morgan fingerprint density at radius 2 is 2.00 bits per heavy atom. The van der Waals surface area contributed by atoms with E-state index in [-0.39, 0.29) is 0 Å². The fraction of sp³-hybridized carbons (Fsp3) is 1.00. The summed E-state index contributed by atoms with van der Waals surface area (Å²) in [6.07, 6.45) is 0. The average molecular weight is 131 g/mol. The molecule has 9 heavy (non-hydrogen) atoms. The van der Waals surface area contributed by atoms with Gasteiger partial charge in [-0.1, -0.05) is 0 Å². The van der Waals surface area contributed by atoms with Gasteiger partial charge < -0.3 is 21.9 Å². The van der Waals surface area contributed by atoms with Gasteiger partial charge in [-0.15, -0.1) is 0 Å². The SMILES string of the molecule is CC(N)(N)C1(O)CNC1. The van der Waals surface area contributed by atoms with Crippen molar-refractivity contribution in [1.82, 2.24) is 5.32 Å². The molecule has 1 saturated heterocycles. The predicted octanol–water partition coefficient (Wildman–Crippen LogP) is -2.05. The molecule has 1 fully saturated rings. The molecule has 0 radical (unpaired) electrons. The van der Waals surface area contributed by atoms with E-state index in [1.54, 1.807) is 6.92 Å². The lowest BCUT2D eigenvalue weighted by Crippen LogP contribution is -2.77. The lowest BCUT2D eigenvalue weighted by atomic mass is 9.85. The second kappa shape index (κ2) is 1.67. The fourth-order valence-electron chi connectivity index (χ4n) is 0.743. The van der Waals surface area contributed by atoms with Crippen molar-refractivity contribution in [3.8, 4) is 0 Å². The second-order valence-corrected chi connectivity index (χ2v) is 2.92. The molecule has 0 bridgehead atoms. The van der Waals surface area contributed by atoms with E-state index in [2.05, 4.69) is 5.32 Å². The number of β-amino-alcohol motifs (C(OH)–C–C–N with tert-alkyl or cyclic N) is 1. The summed E-state index contributed by atoms with van der Waals surface area (Å²) < 4.78 is 0. The molecule has 6 N–H and O–H groups in total. The first kappa shape index (κ1) is 6.95. The summed E-state index contributed by atoms with van der Waals surface area (Å²) in [5.41, 5.74) is 9.06. The molecule has 0 unspecified atom stereocenters. The van der Waals surface area contributed by atoms with Crippen molar-refractivity contribution < 1.29 is 5.11 Å². The first-order valence-electron chi connectivity index (χ1n) is 2.97. The number of nitrogens with one attached hydrogen (secondary N) is 1. The summed E-state index contributed by atoms with van der Waals surface area (Å²) in [6, 6.07) is 0. The third-order valence-electron chi connectivity index (χ3n) is 1.84. The van der Waals surface area contributed by atoms with Crippen LogP contribution in [-0.4, -0.2) is 29.5 Å². The van der Waals surface area contributed by atoms with E-state index >= 15 is 0 Å². The van der Waals surface area contributed by atoms with Crippen LogP contribution < -0.4 is 16.8 Å². The lowest BCUT2D eigenvalue weighted by Gasteiger charge is -2.46. The largest absolute Gasteiger partial charge is 0.384 e. The summed E-state index contributed by atoms with van der Waals surface area (Å²) in [4.78, 5) is 0. The highest BCUT2D eigenvalue weighted by Gasteiger charge is 2.46. The van der Waals surface area contributed by atoms with Gasteiger partial charge in [-0.2, -0.15) is 0 Å². The first-order valence-corrected chi connectivity index (χ1v) is 2.97. The zero-order valence-corrected chi connectivity index (χ0v) is 5.52. The summed E-state index contributed by atoms with van der Waals surface area (Å²) >= 11 is 0. The Morgan fingerprint density at radius 1 is 1.56 bits per heavy atom. The maximum Gasteiger partial charge on any atom is 0.120 e. The summed E-state index contributed by atoms with van der Waals surface area (Å²) in [7, 11) is 0. The molecule has 0 amide bonds. The van der Waals surface area contributed by atoms with Crippen LogP contribution in [0.3, 0.4) is 0 Å². The van der Waals surface area contributed by atoms with Gasteiger partial charge in [-0.05, 0) is 6.92 Å². The molecule has 1 aliphatic heterocycles. The molecule has 0 saturated carbocycles. The van der Waals surface area contributed by atoms with Gasteiger partial charge in [0.1, 0.15) is 5.60 Å². The molecule has 1 heterocycles. The molecular weight excluding hydrogens is 118 g/mol. The van der Waals surface area contributed by atoms with Crippen LogP contribution in [0.1, 0.15) is 6.92 Å². The molecule has 0 aromatic rings. The van der Waals surface area contributed by atoms with E-state index in [1.807, 2.05) is 0 Å². The topological polar surface area (TPSA) is 84.3 Å². The first-order chi connectivity index (χ1) is 3.96. The number of hydrogen-bond acceptors (Lipinski definition) is 4. The zero-order chi connectivity index (χ0) is 7.12. The van der Waals surface area contributed by atoms with Crippen molar-refractivity contribution in [3.63, 3.8) is 0 Å². The summed E-state index contributed by atoms with van der Waals surface area (Å²) in [5, 5.41) is 12.3. The van der Waals surface area contributed by atoms with Crippen LogP contribution in [-0.2, 0) is 0 Å². The minimum Gasteiger partial charge on any atom is -0.384 e. The second-order valence-electron chi connectivity index (χ2n) is 2.92. The molecule has 4 nitrogen and oxygen atoms in total. The van der Waals surface area contributed by atoms with Crippen LogP contribution in [0.2, 0.25) is 0 Å². The third-order valence-corrected chi connectivity index (χ3v) is 1.84. The smallest absolute Gasteiger partial charge is 0.120 e. The fourth-order valence-corrected chi connectivity index (χ4v) is 0.743. The summed E-state index contributed by atoms with van der Waals surface area (Å²) in [5.74, 6) is 0. The number of hydrogen-bond donors (Lipinski definition) is 4. The minimum atomic E-state index is -0.974. The molecule has 1 rings (SSSR count). The Hall–Kier alpha value is -0.160. The molecule has 0 aromatic heterocycles. The van der Waals surface area contributed by atoms with Crippen molar-refractivity contribution in [3.05, 3.63) is 0 Å². The normalized spacial score (nSPS) is 25.3. The van der Waals surface area contributed by atoms with Crippen LogP contribution in [0.5, 0.6) is 0 Å². The van der Waals surface area contributed by atoms with E-state index in [0.29, 0.717) is 13.1 Å². The standard InChI is InChI=1S/C5H13N3O/c1-4(6,7)5(9)2-8-3-5/h8-9H,2-3,6-7H2,1H3. The van der Waals surface area contributed by atoms with Crippen molar-refractivity contribution >= 4 is 0 Å². The Kier molecular flexibility index (Phi) is 1.29. The van der Waals surface area contributed by atoms with Gasteiger partial charge in [0.2, 0.25) is 0 Å². The van der Waals surface area contributed by atoms with Gasteiger partial charge in [-0.25, -0.2) is 0 Å². The maximum absolute atomic E-state index is 9.43. The van der Waals surface area contributed by atoms with Gasteiger partial charge in [0.25, 0.3) is 0 Å². The maximum atomic E-state index is 9.43. The Morgan fingerprint density at radius 3 is 2.00 bits per heavy atom. The van der Waals surface area contributed by atoms with Crippen molar-refractivity contribution in [1.29, 1.82) is 0 Å². The van der Waals surface area contributed by atoms with Gasteiger partial charge in [0.05, 0.1) is 5.66 Å². The number of aliphatic hydroxyl groups is 1. The van der Waals surface area contributed by atoms with Crippen molar-refractivity contribution in [2.24, 2.45) is 11.5 Å². The van der Waals surface area contributed by atoms with Gasteiger partial charge >= 0.3 is 0 Å². The van der Waals surface area contributed by atoms with Crippen LogP contribution >= 0.6 is 0 Å². The molecule has 0 spiro atoms. The van der Waals surface area contributed by atoms with Crippen LogP contribution in [0.15, 0.2) is 0 Å². The van der Waals surface area contributed by atoms with E-state index in [1.165, 1.54) is 0 Å². The molecule has 4 heteroatoms. The Labute approximate surface area is 54.2 Å². The molecular formula is C5H13N3O. The highest BCUT2D eigenvalue weighted by atomic mass is 16.3. The molecule has 0 atom stereocenters. The quantitative estimate of drug-likeness (QED) is 0.309. The monoisotopic (exact) mass is 131 g/mol. The lowest BCUT2D eigenvalue weighted by molar-refractivity contribution is -0.0679. The molecule has 54 valence electrons. The molecule has 0 aromatic carbocycles. The van der Waals surface area contributed by atoms with Crippen molar-refractivity contribution in [2.75, 3.05) is 13.1 Å². The summed E-state index contributed by atoms with van der Waals surface area (Å²) in [6.45, 7) is 2.61. The molecule has 0 aliphatic carbocycles.